The third kappa shape index (κ3) is 3.45. The van der Waals surface area contributed by atoms with Crippen molar-refractivity contribution in [2.24, 2.45) is 10.9 Å². The van der Waals surface area contributed by atoms with Gasteiger partial charge in [0.25, 0.3) is 0 Å². The highest BCUT2D eigenvalue weighted by Gasteiger charge is 2.43. The van der Waals surface area contributed by atoms with Gasteiger partial charge in [-0.2, -0.15) is 0 Å². The van der Waals surface area contributed by atoms with E-state index in [0.717, 1.165) is 13.1 Å². The monoisotopic (exact) mass is 382 g/mol. The summed E-state index contributed by atoms with van der Waals surface area (Å²) < 4.78 is 10.2. The lowest BCUT2D eigenvalue weighted by atomic mass is 9.95. The SMILES string of the molecule is COC(=O)[C@H]1C(=O)NC(N2CCN(c3ccccc3)CC2)=N[C@@H]1c1ccco1. The van der Waals surface area contributed by atoms with E-state index in [-0.39, 0.29) is 0 Å². The van der Waals surface area contributed by atoms with Crippen LogP contribution in [0.5, 0.6) is 0 Å². The lowest BCUT2D eigenvalue weighted by Gasteiger charge is -2.39. The molecular weight excluding hydrogens is 360 g/mol. The Labute approximate surface area is 162 Å². The molecule has 0 unspecified atom stereocenters. The van der Waals surface area contributed by atoms with Crippen molar-refractivity contribution in [1.29, 1.82) is 0 Å². The number of piperazine rings is 1. The Hall–Kier alpha value is -3.29. The number of hydrogen-bond donors (Lipinski definition) is 1. The molecule has 0 spiro atoms. The van der Waals surface area contributed by atoms with Gasteiger partial charge in [0.2, 0.25) is 11.9 Å². The summed E-state index contributed by atoms with van der Waals surface area (Å²) in [4.78, 5) is 33.8. The molecule has 1 fully saturated rings. The number of benzene rings is 1. The van der Waals surface area contributed by atoms with E-state index in [1.165, 1.54) is 19.1 Å². The van der Waals surface area contributed by atoms with Gasteiger partial charge in [0.15, 0.2) is 5.92 Å². The minimum Gasteiger partial charge on any atom is -0.468 e. The fourth-order valence-electron chi connectivity index (χ4n) is 3.60. The highest BCUT2D eigenvalue weighted by atomic mass is 16.5. The Bertz CT molecular complexity index is 858. The molecule has 1 N–H and O–H groups in total. The average Bonchev–Trinajstić information content (AvgIpc) is 3.28. The molecule has 1 aromatic carbocycles. The van der Waals surface area contributed by atoms with Crippen LogP contribution in [0.4, 0.5) is 5.69 Å². The van der Waals surface area contributed by atoms with Crippen LogP contribution in [0, 0.1) is 5.92 Å². The molecule has 8 nitrogen and oxygen atoms in total. The van der Waals surface area contributed by atoms with Gasteiger partial charge >= 0.3 is 5.97 Å². The second-order valence-electron chi connectivity index (χ2n) is 6.71. The maximum Gasteiger partial charge on any atom is 0.320 e. The summed E-state index contributed by atoms with van der Waals surface area (Å²) in [5.41, 5.74) is 1.18. The fourth-order valence-corrected chi connectivity index (χ4v) is 3.60. The molecule has 0 saturated carbocycles. The molecule has 146 valence electrons. The van der Waals surface area contributed by atoms with Gasteiger partial charge in [0, 0.05) is 31.9 Å². The van der Waals surface area contributed by atoms with E-state index in [4.69, 9.17) is 9.15 Å². The van der Waals surface area contributed by atoms with Gasteiger partial charge in [-0.25, -0.2) is 4.99 Å². The van der Waals surface area contributed by atoms with Crippen molar-refractivity contribution in [3.63, 3.8) is 0 Å². The number of guanidine groups is 1. The van der Waals surface area contributed by atoms with Crippen molar-refractivity contribution >= 4 is 23.5 Å². The van der Waals surface area contributed by atoms with E-state index in [2.05, 4.69) is 27.3 Å². The van der Waals surface area contributed by atoms with Crippen molar-refractivity contribution < 1.29 is 18.7 Å². The quantitative estimate of drug-likeness (QED) is 0.638. The topological polar surface area (TPSA) is 87.4 Å². The summed E-state index contributed by atoms with van der Waals surface area (Å²) in [6.07, 6.45) is 1.50. The van der Waals surface area contributed by atoms with Crippen LogP contribution in [-0.2, 0) is 14.3 Å². The van der Waals surface area contributed by atoms with Gasteiger partial charge in [0.1, 0.15) is 11.8 Å². The summed E-state index contributed by atoms with van der Waals surface area (Å²) in [5.74, 6) is -1.19. The van der Waals surface area contributed by atoms with E-state index < -0.39 is 23.8 Å². The molecule has 28 heavy (non-hydrogen) atoms. The molecule has 8 heteroatoms. The first-order valence-electron chi connectivity index (χ1n) is 9.22. The van der Waals surface area contributed by atoms with Crippen molar-refractivity contribution in [3.05, 3.63) is 54.5 Å². The summed E-state index contributed by atoms with van der Waals surface area (Å²) in [6.45, 7) is 3.04. The van der Waals surface area contributed by atoms with Gasteiger partial charge < -0.3 is 19.0 Å². The van der Waals surface area contributed by atoms with E-state index in [9.17, 15) is 9.59 Å². The van der Waals surface area contributed by atoms with Crippen molar-refractivity contribution in [3.8, 4) is 0 Å². The predicted octanol–water partition coefficient (Wildman–Crippen LogP) is 1.42. The molecule has 2 aromatic rings. The van der Waals surface area contributed by atoms with Crippen LogP contribution >= 0.6 is 0 Å². The first kappa shape index (κ1) is 18.1. The first-order chi connectivity index (χ1) is 13.7. The number of anilines is 1. The standard InChI is InChI=1S/C20H22N4O4/c1-27-19(26)16-17(15-8-5-13-28-15)21-20(22-18(16)25)24-11-9-23(10-12-24)14-6-3-2-4-7-14/h2-8,13,16-17H,9-12H2,1H3,(H,21,22,25)/t16-,17-/m1/s1. The van der Waals surface area contributed by atoms with Gasteiger partial charge in [-0.1, -0.05) is 18.2 Å². The van der Waals surface area contributed by atoms with Crippen LogP contribution in [0.2, 0.25) is 0 Å². The number of nitrogens with one attached hydrogen (secondary N) is 1. The summed E-state index contributed by atoms with van der Waals surface area (Å²) in [5, 5.41) is 2.77. The molecule has 1 amide bonds. The molecule has 2 aliphatic rings. The van der Waals surface area contributed by atoms with Gasteiger partial charge in [-0.15, -0.1) is 0 Å². The van der Waals surface area contributed by atoms with Gasteiger partial charge in [-0.05, 0) is 24.3 Å². The van der Waals surface area contributed by atoms with E-state index in [1.54, 1.807) is 12.1 Å². The smallest absolute Gasteiger partial charge is 0.320 e. The van der Waals surface area contributed by atoms with E-state index >= 15 is 0 Å². The van der Waals surface area contributed by atoms with E-state index in [1.807, 2.05) is 23.1 Å². The van der Waals surface area contributed by atoms with Crippen molar-refractivity contribution in [2.75, 3.05) is 38.2 Å². The molecular formula is C20H22N4O4. The van der Waals surface area contributed by atoms with Crippen LogP contribution < -0.4 is 10.2 Å². The summed E-state index contributed by atoms with van der Waals surface area (Å²) >= 11 is 0. The molecule has 4 rings (SSSR count). The fraction of sp³-hybridized carbons (Fsp3) is 0.350. The Morgan fingerprint density at radius 2 is 1.82 bits per heavy atom. The zero-order valence-electron chi connectivity index (χ0n) is 15.6. The number of amides is 1. The number of esters is 1. The number of furan rings is 1. The number of carbonyl (C=O) groups is 2. The Balaban J connectivity index is 1.53. The van der Waals surface area contributed by atoms with Gasteiger partial charge in [0.05, 0.1) is 13.4 Å². The highest BCUT2D eigenvalue weighted by Crippen LogP contribution is 2.31. The molecule has 1 saturated heterocycles. The molecule has 2 aliphatic heterocycles. The third-order valence-electron chi connectivity index (χ3n) is 5.08. The maximum atomic E-state index is 12.7. The van der Waals surface area contributed by atoms with Crippen molar-refractivity contribution in [1.82, 2.24) is 10.2 Å². The number of hydrogen-bond acceptors (Lipinski definition) is 7. The summed E-state index contributed by atoms with van der Waals surface area (Å²) in [7, 11) is 1.26. The first-order valence-corrected chi connectivity index (χ1v) is 9.22. The molecule has 1 aromatic heterocycles. The Morgan fingerprint density at radius 1 is 1.11 bits per heavy atom. The molecule has 0 bridgehead atoms. The number of rotatable bonds is 3. The van der Waals surface area contributed by atoms with E-state index in [0.29, 0.717) is 24.8 Å². The minimum absolute atomic E-state index is 0.427. The zero-order valence-corrected chi connectivity index (χ0v) is 15.6. The Morgan fingerprint density at radius 3 is 2.46 bits per heavy atom. The molecule has 0 aliphatic carbocycles. The second-order valence-corrected chi connectivity index (χ2v) is 6.71. The molecule has 0 radical (unpaired) electrons. The predicted molar refractivity (Wildman–Crippen MR) is 103 cm³/mol. The average molecular weight is 382 g/mol. The second kappa shape index (κ2) is 7.75. The highest BCUT2D eigenvalue weighted by molar-refractivity contribution is 6.08. The number of aliphatic imine (C=N–C) groups is 1. The summed E-state index contributed by atoms with van der Waals surface area (Å²) in [6, 6.07) is 12.9. The Kier molecular flexibility index (Phi) is 5.01. The lowest BCUT2D eigenvalue weighted by Crippen LogP contribution is -2.57. The van der Waals surface area contributed by atoms with Crippen LogP contribution in [-0.4, -0.2) is 56.0 Å². The van der Waals surface area contributed by atoms with Crippen molar-refractivity contribution in [2.45, 2.75) is 6.04 Å². The maximum absolute atomic E-state index is 12.7. The van der Waals surface area contributed by atoms with Crippen LogP contribution in [0.1, 0.15) is 11.8 Å². The third-order valence-corrected chi connectivity index (χ3v) is 5.08. The molecule has 3 heterocycles. The number of nitrogens with zero attached hydrogens (tertiary/aromatic N) is 3. The van der Waals surface area contributed by atoms with Gasteiger partial charge in [-0.3, -0.25) is 14.9 Å². The number of methoxy groups -OCH3 is 1. The van der Waals surface area contributed by atoms with Crippen LogP contribution in [0.15, 0.2) is 58.1 Å². The largest absolute Gasteiger partial charge is 0.468 e. The van der Waals surface area contributed by atoms with Crippen LogP contribution in [0.3, 0.4) is 0 Å². The number of carbonyl (C=O) groups excluding carboxylic acids is 2. The number of para-hydroxylation sites is 1. The van der Waals surface area contributed by atoms with Crippen LogP contribution in [0.25, 0.3) is 0 Å². The lowest BCUT2D eigenvalue weighted by molar-refractivity contribution is -0.151. The minimum atomic E-state index is -1.06. The molecule has 2 atom stereocenters. The number of ether oxygens (including phenoxy) is 1. The normalized spacial score (nSPS) is 22.5. The zero-order chi connectivity index (χ0) is 19.5.